The molecule has 1 aromatic carbocycles. The van der Waals surface area contributed by atoms with E-state index < -0.39 is 0 Å². The van der Waals surface area contributed by atoms with Gasteiger partial charge in [0.05, 0.1) is 0 Å². The lowest BCUT2D eigenvalue weighted by atomic mass is 10.1. The molecule has 106 valence electrons. The summed E-state index contributed by atoms with van der Waals surface area (Å²) >= 11 is 0. The van der Waals surface area contributed by atoms with E-state index in [0.717, 1.165) is 43.6 Å². The fourth-order valence-electron chi connectivity index (χ4n) is 1.89. The van der Waals surface area contributed by atoms with Crippen LogP contribution in [0.2, 0.25) is 0 Å². The smallest absolute Gasteiger partial charge is 0.253 e. The zero-order chi connectivity index (χ0) is 14.3. The molecule has 0 aliphatic rings. The van der Waals surface area contributed by atoms with Crippen LogP contribution in [-0.4, -0.2) is 45.0 Å². The highest BCUT2D eigenvalue weighted by molar-refractivity contribution is 5.94. The Morgan fingerprint density at radius 3 is 2.21 bits per heavy atom. The zero-order valence-corrected chi connectivity index (χ0v) is 12.2. The Morgan fingerprint density at radius 2 is 1.68 bits per heavy atom. The number of hydrogen-bond acceptors (Lipinski definition) is 3. The molecule has 1 aromatic rings. The van der Waals surface area contributed by atoms with Gasteiger partial charge in [-0.25, -0.2) is 0 Å². The summed E-state index contributed by atoms with van der Waals surface area (Å²) in [4.78, 5) is 16.0. The summed E-state index contributed by atoms with van der Waals surface area (Å²) in [5.74, 6) is 0.0815. The van der Waals surface area contributed by atoms with Crippen LogP contribution in [0.3, 0.4) is 0 Å². The van der Waals surface area contributed by atoms with Crippen LogP contribution in [0.5, 0.6) is 0 Å². The fraction of sp³-hybridized carbons (Fsp3) is 0.533. The van der Waals surface area contributed by atoms with Crippen LogP contribution in [0.4, 0.5) is 5.69 Å². The average molecular weight is 263 g/mol. The van der Waals surface area contributed by atoms with Gasteiger partial charge in [0, 0.05) is 38.9 Å². The summed E-state index contributed by atoms with van der Waals surface area (Å²) in [6, 6.07) is 7.70. The average Bonchev–Trinajstić information content (AvgIpc) is 2.42. The van der Waals surface area contributed by atoms with Crippen LogP contribution in [0, 0.1) is 0 Å². The van der Waals surface area contributed by atoms with Crippen molar-refractivity contribution < 1.29 is 4.79 Å². The number of unbranched alkanes of at least 4 members (excludes halogenated alkanes) is 2. The van der Waals surface area contributed by atoms with E-state index in [4.69, 9.17) is 5.73 Å². The normalized spacial score (nSPS) is 10.3. The van der Waals surface area contributed by atoms with Crippen LogP contribution in [-0.2, 0) is 0 Å². The monoisotopic (exact) mass is 263 g/mol. The first kappa shape index (κ1) is 15.5. The maximum Gasteiger partial charge on any atom is 0.253 e. The lowest BCUT2D eigenvalue weighted by Crippen LogP contribution is -2.27. The number of rotatable bonds is 7. The minimum Gasteiger partial charge on any atom is -0.378 e. The standard InChI is InChI=1S/C15H25N3O/c1-17(2)14-9-7-13(8-10-14)15(19)18(3)12-6-4-5-11-16/h7-10H,4-6,11-12,16H2,1-3H3. The number of hydrogen-bond donors (Lipinski definition) is 1. The molecule has 0 atom stereocenters. The highest BCUT2D eigenvalue weighted by atomic mass is 16.2. The number of carbonyl (C=O) groups excluding carboxylic acids is 1. The van der Waals surface area contributed by atoms with Crippen molar-refractivity contribution in [1.29, 1.82) is 0 Å². The number of anilines is 1. The van der Waals surface area contributed by atoms with Gasteiger partial charge in [0.2, 0.25) is 0 Å². The molecule has 19 heavy (non-hydrogen) atoms. The van der Waals surface area contributed by atoms with Gasteiger partial charge in [0.25, 0.3) is 5.91 Å². The molecular weight excluding hydrogens is 238 g/mol. The minimum atomic E-state index is 0.0815. The molecule has 0 radical (unpaired) electrons. The molecule has 0 saturated heterocycles. The van der Waals surface area contributed by atoms with Crippen molar-refractivity contribution in [2.24, 2.45) is 5.73 Å². The molecule has 4 heteroatoms. The van der Waals surface area contributed by atoms with Gasteiger partial charge in [-0.2, -0.15) is 0 Å². The molecule has 0 aliphatic carbocycles. The van der Waals surface area contributed by atoms with Crippen molar-refractivity contribution in [3.8, 4) is 0 Å². The lowest BCUT2D eigenvalue weighted by molar-refractivity contribution is 0.0792. The Hall–Kier alpha value is -1.55. The van der Waals surface area contributed by atoms with Crippen molar-refractivity contribution in [2.45, 2.75) is 19.3 Å². The molecule has 1 amide bonds. The van der Waals surface area contributed by atoms with Crippen LogP contribution in [0.1, 0.15) is 29.6 Å². The van der Waals surface area contributed by atoms with E-state index in [1.807, 2.05) is 50.3 Å². The van der Waals surface area contributed by atoms with Gasteiger partial charge in [-0.15, -0.1) is 0 Å². The van der Waals surface area contributed by atoms with Gasteiger partial charge < -0.3 is 15.5 Å². The molecular formula is C15H25N3O. The zero-order valence-electron chi connectivity index (χ0n) is 12.2. The molecule has 0 fully saturated rings. The van der Waals surface area contributed by atoms with E-state index in [1.165, 1.54) is 0 Å². The molecule has 0 aliphatic heterocycles. The van der Waals surface area contributed by atoms with E-state index in [2.05, 4.69) is 0 Å². The molecule has 0 aromatic heterocycles. The predicted molar refractivity (Wildman–Crippen MR) is 80.6 cm³/mol. The number of nitrogens with two attached hydrogens (primary N) is 1. The van der Waals surface area contributed by atoms with Crippen LogP contribution in [0.25, 0.3) is 0 Å². The molecule has 0 bridgehead atoms. The molecule has 2 N–H and O–H groups in total. The molecule has 1 rings (SSSR count). The lowest BCUT2D eigenvalue weighted by Gasteiger charge is -2.18. The van der Waals surface area contributed by atoms with E-state index >= 15 is 0 Å². The third-order valence-corrected chi connectivity index (χ3v) is 3.17. The topological polar surface area (TPSA) is 49.6 Å². The van der Waals surface area contributed by atoms with Gasteiger partial charge in [0.1, 0.15) is 0 Å². The third-order valence-electron chi connectivity index (χ3n) is 3.17. The summed E-state index contributed by atoms with van der Waals surface area (Å²) in [7, 11) is 5.82. The quantitative estimate of drug-likeness (QED) is 0.765. The maximum absolute atomic E-state index is 12.2. The number of amides is 1. The Balaban J connectivity index is 2.51. The van der Waals surface area contributed by atoms with Crippen molar-refractivity contribution in [1.82, 2.24) is 4.90 Å². The first-order chi connectivity index (χ1) is 9.06. The largest absolute Gasteiger partial charge is 0.378 e. The predicted octanol–water partition coefficient (Wildman–Crippen LogP) is 1.95. The Bertz CT molecular complexity index is 387. The molecule has 4 nitrogen and oxygen atoms in total. The number of nitrogens with zero attached hydrogens (tertiary/aromatic N) is 2. The summed E-state index contributed by atoms with van der Waals surface area (Å²) in [6.45, 7) is 1.51. The van der Waals surface area contributed by atoms with Crippen molar-refractivity contribution >= 4 is 11.6 Å². The Morgan fingerprint density at radius 1 is 1.05 bits per heavy atom. The maximum atomic E-state index is 12.2. The Kier molecular flexibility index (Phi) is 6.36. The van der Waals surface area contributed by atoms with Crippen molar-refractivity contribution in [3.05, 3.63) is 29.8 Å². The first-order valence-corrected chi connectivity index (χ1v) is 6.79. The third kappa shape index (κ3) is 4.91. The second kappa shape index (κ2) is 7.79. The molecule has 0 spiro atoms. The van der Waals surface area contributed by atoms with Gasteiger partial charge in [-0.05, 0) is 43.7 Å². The second-order valence-corrected chi connectivity index (χ2v) is 5.02. The fourth-order valence-corrected chi connectivity index (χ4v) is 1.89. The number of benzene rings is 1. The SMILES string of the molecule is CN(CCCCCN)C(=O)c1ccc(N(C)C)cc1. The first-order valence-electron chi connectivity index (χ1n) is 6.79. The Labute approximate surface area is 116 Å². The van der Waals surface area contributed by atoms with Gasteiger partial charge >= 0.3 is 0 Å². The second-order valence-electron chi connectivity index (χ2n) is 5.02. The van der Waals surface area contributed by atoms with Gasteiger partial charge in [0.15, 0.2) is 0 Å². The minimum absolute atomic E-state index is 0.0815. The summed E-state index contributed by atoms with van der Waals surface area (Å²) < 4.78 is 0. The summed E-state index contributed by atoms with van der Waals surface area (Å²) in [5, 5.41) is 0. The summed E-state index contributed by atoms with van der Waals surface area (Å²) in [5.41, 5.74) is 7.29. The van der Waals surface area contributed by atoms with Gasteiger partial charge in [-0.1, -0.05) is 6.42 Å². The molecule has 0 unspecified atom stereocenters. The highest BCUT2D eigenvalue weighted by Crippen LogP contribution is 2.13. The van der Waals surface area contributed by atoms with Crippen LogP contribution in [0.15, 0.2) is 24.3 Å². The number of carbonyl (C=O) groups is 1. The van der Waals surface area contributed by atoms with E-state index in [9.17, 15) is 4.79 Å². The van der Waals surface area contributed by atoms with Crippen molar-refractivity contribution in [2.75, 3.05) is 39.1 Å². The molecule has 0 saturated carbocycles. The summed E-state index contributed by atoms with van der Waals surface area (Å²) in [6.07, 6.45) is 3.11. The van der Waals surface area contributed by atoms with E-state index in [0.29, 0.717) is 0 Å². The van der Waals surface area contributed by atoms with Crippen LogP contribution < -0.4 is 10.6 Å². The van der Waals surface area contributed by atoms with E-state index in [-0.39, 0.29) is 5.91 Å². The van der Waals surface area contributed by atoms with Gasteiger partial charge in [-0.3, -0.25) is 4.79 Å². The van der Waals surface area contributed by atoms with Crippen LogP contribution >= 0.6 is 0 Å². The van der Waals surface area contributed by atoms with E-state index in [1.54, 1.807) is 4.90 Å². The van der Waals surface area contributed by atoms with Crippen molar-refractivity contribution in [3.63, 3.8) is 0 Å². The molecule has 0 heterocycles. The highest BCUT2D eigenvalue weighted by Gasteiger charge is 2.11.